The lowest BCUT2D eigenvalue weighted by atomic mass is 10.0. The van der Waals surface area contributed by atoms with Crippen molar-refractivity contribution in [2.45, 2.75) is 40.0 Å². The quantitative estimate of drug-likeness (QED) is 0.468. The van der Waals surface area contributed by atoms with Gasteiger partial charge in [-0.05, 0) is 44.0 Å². The molecule has 4 aromatic rings. The van der Waals surface area contributed by atoms with Gasteiger partial charge in [-0.15, -0.1) is 0 Å². The number of ketones is 1. The van der Waals surface area contributed by atoms with Gasteiger partial charge in [0.25, 0.3) is 5.89 Å². The SMILES string of the molecule is Cc1noc(C2=Cc3cc(-c4nc(C(=O)CCc5cc(C)on5)[nH]c4C)ccc3C2)n1. The molecule has 5 rings (SSSR count). The third-order valence-electron chi connectivity index (χ3n) is 5.37. The summed E-state index contributed by atoms with van der Waals surface area (Å²) in [5.74, 6) is 2.23. The number of Topliss-reactive ketones (excluding diaryl/α,β-unsaturated/α-hetero) is 1. The first-order valence-electron chi connectivity index (χ1n) is 10.1. The number of carbonyl (C=O) groups is 1. The number of allylic oxidation sites excluding steroid dienone is 1. The van der Waals surface area contributed by atoms with E-state index in [4.69, 9.17) is 9.05 Å². The second kappa shape index (κ2) is 7.46. The second-order valence-electron chi connectivity index (χ2n) is 7.82. The van der Waals surface area contributed by atoms with E-state index in [1.165, 1.54) is 5.56 Å². The fourth-order valence-corrected chi connectivity index (χ4v) is 3.82. The third kappa shape index (κ3) is 3.72. The van der Waals surface area contributed by atoms with E-state index in [1.54, 1.807) is 6.92 Å². The van der Waals surface area contributed by atoms with Gasteiger partial charge in [-0.3, -0.25) is 4.79 Å². The van der Waals surface area contributed by atoms with Crippen LogP contribution in [0.3, 0.4) is 0 Å². The average Bonchev–Trinajstić information content (AvgIpc) is 3.52. The number of nitrogens with zero attached hydrogens (tertiary/aromatic N) is 4. The molecular formula is C23H21N5O3. The predicted octanol–water partition coefficient (Wildman–Crippen LogP) is 4.29. The van der Waals surface area contributed by atoms with E-state index in [9.17, 15) is 4.79 Å². The molecular weight excluding hydrogens is 394 g/mol. The van der Waals surface area contributed by atoms with Gasteiger partial charge < -0.3 is 14.0 Å². The lowest BCUT2D eigenvalue weighted by Gasteiger charge is -2.03. The zero-order valence-electron chi connectivity index (χ0n) is 17.5. The van der Waals surface area contributed by atoms with Crippen molar-refractivity contribution in [2.75, 3.05) is 0 Å². The highest BCUT2D eigenvalue weighted by atomic mass is 16.5. The molecule has 1 aliphatic carbocycles. The lowest BCUT2D eigenvalue weighted by molar-refractivity contribution is 0.0973. The van der Waals surface area contributed by atoms with Gasteiger partial charge in [0.2, 0.25) is 0 Å². The summed E-state index contributed by atoms with van der Waals surface area (Å²) >= 11 is 0. The zero-order chi connectivity index (χ0) is 21.5. The van der Waals surface area contributed by atoms with Gasteiger partial charge in [0, 0.05) is 42.2 Å². The normalized spacial score (nSPS) is 12.8. The van der Waals surface area contributed by atoms with Crippen LogP contribution < -0.4 is 0 Å². The Hall–Kier alpha value is -3.81. The molecule has 0 saturated carbocycles. The van der Waals surface area contributed by atoms with Crippen LogP contribution in [0, 0.1) is 20.8 Å². The molecule has 1 aromatic carbocycles. The maximum absolute atomic E-state index is 12.6. The summed E-state index contributed by atoms with van der Waals surface area (Å²) in [5.41, 5.74) is 6.66. The van der Waals surface area contributed by atoms with Crippen LogP contribution in [-0.4, -0.2) is 31.0 Å². The van der Waals surface area contributed by atoms with E-state index in [1.807, 2.05) is 26.0 Å². The van der Waals surface area contributed by atoms with Gasteiger partial charge in [-0.1, -0.05) is 22.4 Å². The molecule has 3 aromatic heterocycles. The van der Waals surface area contributed by atoms with E-state index in [0.29, 0.717) is 30.4 Å². The van der Waals surface area contributed by atoms with Crippen molar-refractivity contribution >= 4 is 17.4 Å². The van der Waals surface area contributed by atoms with Crippen LogP contribution in [0.4, 0.5) is 0 Å². The summed E-state index contributed by atoms with van der Waals surface area (Å²) in [6.45, 7) is 5.56. The molecule has 0 aliphatic heterocycles. The predicted molar refractivity (Wildman–Crippen MR) is 113 cm³/mol. The largest absolute Gasteiger partial charge is 0.361 e. The van der Waals surface area contributed by atoms with Gasteiger partial charge in [0.1, 0.15) is 5.76 Å². The first-order valence-corrected chi connectivity index (χ1v) is 10.1. The Kier molecular flexibility index (Phi) is 4.62. The number of aromatic nitrogens is 5. The highest BCUT2D eigenvalue weighted by molar-refractivity contribution is 5.94. The number of aromatic amines is 1. The number of hydrogen-bond donors (Lipinski definition) is 1. The van der Waals surface area contributed by atoms with Gasteiger partial charge in [-0.2, -0.15) is 4.98 Å². The minimum Gasteiger partial charge on any atom is -0.361 e. The number of imidazole rings is 1. The number of benzene rings is 1. The molecule has 1 N–H and O–H groups in total. The first-order chi connectivity index (χ1) is 15.0. The number of hydrogen-bond acceptors (Lipinski definition) is 7. The number of H-pyrrole nitrogens is 1. The molecule has 31 heavy (non-hydrogen) atoms. The Labute approximate surface area is 178 Å². The van der Waals surface area contributed by atoms with Crippen molar-refractivity contribution in [1.82, 2.24) is 25.3 Å². The van der Waals surface area contributed by atoms with Crippen molar-refractivity contribution in [3.63, 3.8) is 0 Å². The van der Waals surface area contributed by atoms with Crippen LogP contribution in [-0.2, 0) is 12.8 Å². The van der Waals surface area contributed by atoms with Crippen molar-refractivity contribution in [2.24, 2.45) is 0 Å². The van der Waals surface area contributed by atoms with Gasteiger partial charge >= 0.3 is 0 Å². The van der Waals surface area contributed by atoms with Crippen LogP contribution in [0.1, 0.15) is 57.0 Å². The molecule has 0 radical (unpaired) electrons. The zero-order valence-corrected chi connectivity index (χ0v) is 17.5. The van der Waals surface area contributed by atoms with E-state index in [0.717, 1.165) is 46.0 Å². The van der Waals surface area contributed by atoms with Crippen molar-refractivity contribution in [1.29, 1.82) is 0 Å². The van der Waals surface area contributed by atoms with Crippen LogP contribution in [0.15, 0.2) is 33.3 Å². The molecule has 0 spiro atoms. The summed E-state index contributed by atoms with van der Waals surface area (Å²) in [6.07, 6.45) is 3.66. The molecule has 0 bridgehead atoms. The van der Waals surface area contributed by atoms with Crippen LogP contribution in [0.2, 0.25) is 0 Å². The first kappa shape index (κ1) is 19.2. The van der Waals surface area contributed by atoms with Gasteiger partial charge in [-0.25, -0.2) is 4.98 Å². The van der Waals surface area contributed by atoms with Crippen molar-refractivity contribution < 1.29 is 13.8 Å². The number of rotatable bonds is 6. The molecule has 0 amide bonds. The van der Waals surface area contributed by atoms with Crippen LogP contribution >= 0.6 is 0 Å². The maximum Gasteiger partial charge on any atom is 0.254 e. The van der Waals surface area contributed by atoms with Crippen molar-refractivity contribution in [3.05, 3.63) is 70.1 Å². The van der Waals surface area contributed by atoms with E-state index >= 15 is 0 Å². The Bertz CT molecular complexity index is 1320. The molecule has 0 fully saturated rings. The minimum atomic E-state index is -0.0508. The minimum absolute atomic E-state index is 0.0508. The Morgan fingerprint density at radius 2 is 1.97 bits per heavy atom. The number of aryl methyl sites for hydroxylation is 4. The molecule has 156 valence electrons. The maximum atomic E-state index is 12.6. The lowest BCUT2D eigenvalue weighted by Crippen LogP contribution is -2.03. The summed E-state index contributed by atoms with van der Waals surface area (Å²) < 4.78 is 10.4. The average molecular weight is 415 g/mol. The Morgan fingerprint density at radius 1 is 1.10 bits per heavy atom. The number of nitrogens with one attached hydrogen (secondary N) is 1. The summed E-state index contributed by atoms with van der Waals surface area (Å²) in [6, 6.07) is 8.04. The standard InChI is InChI=1S/C23H21N5O3/c1-12-8-19(28-30-12)6-7-20(29)22-24-13(2)21(26-22)16-5-4-15-9-18(11-17(15)10-16)23-25-14(3)27-31-23/h4-5,8,10-11H,6-7,9H2,1-3H3,(H,24,26). The number of carbonyl (C=O) groups excluding carboxylic acids is 1. The third-order valence-corrected chi connectivity index (χ3v) is 5.37. The highest BCUT2D eigenvalue weighted by Crippen LogP contribution is 2.34. The Morgan fingerprint density at radius 3 is 2.71 bits per heavy atom. The molecule has 8 nitrogen and oxygen atoms in total. The fourth-order valence-electron chi connectivity index (χ4n) is 3.82. The van der Waals surface area contributed by atoms with Crippen LogP contribution in [0.25, 0.3) is 22.9 Å². The summed E-state index contributed by atoms with van der Waals surface area (Å²) in [4.78, 5) is 24.7. The smallest absolute Gasteiger partial charge is 0.254 e. The molecule has 3 heterocycles. The van der Waals surface area contributed by atoms with E-state index < -0.39 is 0 Å². The molecule has 0 unspecified atom stereocenters. The molecule has 0 saturated heterocycles. The Balaban J connectivity index is 1.36. The van der Waals surface area contributed by atoms with Crippen molar-refractivity contribution in [3.8, 4) is 11.3 Å². The van der Waals surface area contributed by atoms with E-state index in [2.05, 4.69) is 43.5 Å². The van der Waals surface area contributed by atoms with E-state index in [-0.39, 0.29) is 5.78 Å². The molecule has 8 heteroatoms. The molecule has 1 aliphatic rings. The molecule has 0 atom stereocenters. The summed E-state index contributed by atoms with van der Waals surface area (Å²) in [7, 11) is 0. The monoisotopic (exact) mass is 415 g/mol. The number of fused-ring (bicyclic) bond motifs is 1. The highest BCUT2D eigenvalue weighted by Gasteiger charge is 2.21. The summed E-state index contributed by atoms with van der Waals surface area (Å²) in [5, 5.41) is 7.81. The second-order valence-corrected chi connectivity index (χ2v) is 7.82. The van der Waals surface area contributed by atoms with Crippen LogP contribution in [0.5, 0.6) is 0 Å². The van der Waals surface area contributed by atoms with Gasteiger partial charge in [0.15, 0.2) is 17.4 Å². The topological polar surface area (TPSA) is 111 Å². The fraction of sp³-hybridized carbons (Fsp3) is 0.261. The van der Waals surface area contributed by atoms with Gasteiger partial charge in [0.05, 0.1) is 11.4 Å².